The van der Waals surface area contributed by atoms with Crippen LogP contribution in [0.15, 0.2) is 54.6 Å². The Bertz CT molecular complexity index is 827. The van der Waals surface area contributed by atoms with Gasteiger partial charge in [-0.3, -0.25) is 4.79 Å². The highest BCUT2D eigenvalue weighted by Crippen LogP contribution is 2.38. The lowest BCUT2D eigenvalue weighted by molar-refractivity contribution is -0.148. The minimum Gasteiger partial charge on any atom is -0.480 e. The summed E-state index contributed by atoms with van der Waals surface area (Å²) in [6, 6.07) is 18.9. The number of nitrogens with two attached hydrogens (primary N) is 1. The summed E-state index contributed by atoms with van der Waals surface area (Å²) in [5.41, 5.74) is 8.58. The van der Waals surface area contributed by atoms with Crippen LogP contribution >= 0.6 is 0 Å². The average molecular weight is 410 g/mol. The fourth-order valence-corrected chi connectivity index (χ4v) is 4.19. The molecule has 6 nitrogen and oxygen atoms in total. The smallest absolute Gasteiger partial charge is 0.451 e. The number of hydrogen-bond acceptors (Lipinski definition) is 5. The van der Waals surface area contributed by atoms with Gasteiger partial charge in [-0.15, -0.1) is 0 Å². The lowest BCUT2D eigenvalue weighted by Crippen LogP contribution is -2.61. The molecule has 0 heterocycles. The van der Waals surface area contributed by atoms with Crippen LogP contribution in [0.25, 0.3) is 11.1 Å². The van der Waals surface area contributed by atoms with E-state index in [4.69, 9.17) is 15.8 Å². The van der Waals surface area contributed by atoms with E-state index < -0.39 is 18.6 Å². The third kappa shape index (κ3) is 5.70. The summed E-state index contributed by atoms with van der Waals surface area (Å²) in [5.74, 6) is -1.03. The standard InChI is InChI=1S/C23H31BN2O4/c25-23(22(27)28,11-4-5-12-24(29)30)20-14-21(15-20)26-16-17-7-6-10-19(13-17)18-8-2-1-3-9-18/h1-3,6-10,13,20-21,26,29-30H,4-5,11-12,14-16,25H2,(H,27,28)/t20-,21-,23-/m0/s1. The summed E-state index contributed by atoms with van der Waals surface area (Å²) in [7, 11) is -1.35. The first-order valence-corrected chi connectivity index (χ1v) is 10.6. The fourth-order valence-electron chi connectivity index (χ4n) is 4.19. The second-order valence-corrected chi connectivity index (χ2v) is 8.38. The zero-order valence-corrected chi connectivity index (χ0v) is 17.2. The van der Waals surface area contributed by atoms with Crippen molar-refractivity contribution in [1.29, 1.82) is 0 Å². The predicted molar refractivity (Wildman–Crippen MR) is 119 cm³/mol. The van der Waals surface area contributed by atoms with Crippen LogP contribution in [0.1, 0.15) is 37.7 Å². The fraction of sp³-hybridized carbons (Fsp3) is 0.435. The Balaban J connectivity index is 1.48. The van der Waals surface area contributed by atoms with Crippen molar-refractivity contribution in [3.8, 4) is 11.1 Å². The first kappa shape index (κ1) is 22.5. The van der Waals surface area contributed by atoms with Crippen molar-refractivity contribution < 1.29 is 19.9 Å². The normalized spacial score (nSPS) is 20.2. The molecule has 6 N–H and O–H groups in total. The predicted octanol–water partition coefficient (Wildman–Crippen LogP) is 2.65. The van der Waals surface area contributed by atoms with E-state index in [1.807, 2.05) is 18.2 Å². The molecule has 0 radical (unpaired) electrons. The Labute approximate surface area is 178 Å². The summed E-state index contributed by atoms with van der Waals surface area (Å²) >= 11 is 0. The van der Waals surface area contributed by atoms with Gasteiger partial charge in [0.25, 0.3) is 0 Å². The monoisotopic (exact) mass is 410 g/mol. The lowest BCUT2D eigenvalue weighted by Gasteiger charge is -2.45. The van der Waals surface area contributed by atoms with Crippen LogP contribution in [0.4, 0.5) is 0 Å². The van der Waals surface area contributed by atoms with Crippen LogP contribution in [0.5, 0.6) is 0 Å². The number of aliphatic carboxylic acids is 1. The van der Waals surface area contributed by atoms with Gasteiger partial charge >= 0.3 is 13.1 Å². The molecule has 0 aliphatic heterocycles. The molecule has 0 aromatic heterocycles. The molecule has 7 heteroatoms. The third-order valence-corrected chi connectivity index (χ3v) is 6.20. The lowest BCUT2D eigenvalue weighted by atomic mass is 9.66. The van der Waals surface area contributed by atoms with Crippen LogP contribution in [0.3, 0.4) is 0 Å². The van der Waals surface area contributed by atoms with Gasteiger partial charge in [0.1, 0.15) is 5.54 Å². The van der Waals surface area contributed by atoms with E-state index in [9.17, 15) is 9.90 Å². The summed E-state index contributed by atoms with van der Waals surface area (Å²) in [4.78, 5) is 11.8. The Morgan fingerprint density at radius 2 is 1.77 bits per heavy atom. The van der Waals surface area contributed by atoms with Gasteiger partial charge in [0.15, 0.2) is 0 Å². The molecule has 160 valence electrons. The first-order valence-electron chi connectivity index (χ1n) is 10.6. The minimum absolute atomic E-state index is 0.0674. The molecular formula is C23H31BN2O4. The number of carboxylic acids is 1. The number of hydrogen-bond donors (Lipinski definition) is 5. The second kappa shape index (κ2) is 10.2. The van der Waals surface area contributed by atoms with Crippen molar-refractivity contribution in [1.82, 2.24) is 5.32 Å². The highest BCUT2D eigenvalue weighted by molar-refractivity contribution is 6.40. The molecule has 30 heavy (non-hydrogen) atoms. The van der Waals surface area contributed by atoms with E-state index in [1.54, 1.807) is 0 Å². The number of rotatable bonds is 11. The van der Waals surface area contributed by atoms with E-state index in [2.05, 4.69) is 41.7 Å². The van der Waals surface area contributed by atoms with Crippen molar-refractivity contribution in [2.75, 3.05) is 0 Å². The van der Waals surface area contributed by atoms with Gasteiger partial charge in [0.05, 0.1) is 0 Å². The highest BCUT2D eigenvalue weighted by Gasteiger charge is 2.48. The zero-order chi connectivity index (χ0) is 21.6. The maximum absolute atomic E-state index is 11.8. The van der Waals surface area contributed by atoms with Gasteiger partial charge in [0, 0.05) is 12.6 Å². The molecule has 0 saturated heterocycles. The molecule has 1 fully saturated rings. The quantitative estimate of drug-likeness (QED) is 0.287. The summed E-state index contributed by atoms with van der Waals surface area (Å²) in [6.07, 6.45) is 3.20. The molecule has 2 aromatic rings. The maximum atomic E-state index is 11.8. The Kier molecular flexibility index (Phi) is 7.66. The molecule has 0 bridgehead atoms. The van der Waals surface area contributed by atoms with Crippen molar-refractivity contribution in [3.05, 3.63) is 60.2 Å². The molecular weight excluding hydrogens is 379 g/mol. The van der Waals surface area contributed by atoms with E-state index in [0.29, 0.717) is 19.3 Å². The van der Waals surface area contributed by atoms with Crippen molar-refractivity contribution >= 4 is 13.1 Å². The van der Waals surface area contributed by atoms with Crippen molar-refractivity contribution in [3.63, 3.8) is 0 Å². The number of nitrogens with one attached hydrogen (secondary N) is 1. The molecule has 2 aromatic carbocycles. The molecule has 1 aliphatic carbocycles. The molecule has 1 saturated carbocycles. The number of carboxylic acid groups (broad SMARTS) is 1. The largest absolute Gasteiger partial charge is 0.480 e. The molecule has 0 spiro atoms. The summed E-state index contributed by atoms with van der Waals surface area (Å²) < 4.78 is 0. The third-order valence-electron chi connectivity index (χ3n) is 6.20. The van der Waals surface area contributed by atoms with Gasteiger partial charge in [-0.25, -0.2) is 0 Å². The Morgan fingerprint density at radius 1 is 1.07 bits per heavy atom. The van der Waals surface area contributed by atoms with Crippen LogP contribution < -0.4 is 11.1 Å². The van der Waals surface area contributed by atoms with Crippen LogP contribution in [-0.4, -0.2) is 39.8 Å². The number of carbonyl (C=O) groups is 1. The summed E-state index contributed by atoms with van der Waals surface area (Å²) in [6.45, 7) is 0.733. The second-order valence-electron chi connectivity index (χ2n) is 8.38. The van der Waals surface area contributed by atoms with Crippen LogP contribution in [0, 0.1) is 5.92 Å². The van der Waals surface area contributed by atoms with E-state index >= 15 is 0 Å². The van der Waals surface area contributed by atoms with Gasteiger partial charge in [-0.1, -0.05) is 61.4 Å². The summed E-state index contributed by atoms with van der Waals surface area (Å²) in [5, 5.41) is 31.0. The van der Waals surface area contributed by atoms with E-state index in [0.717, 1.165) is 19.4 Å². The highest BCUT2D eigenvalue weighted by atomic mass is 16.4. The van der Waals surface area contributed by atoms with E-state index in [1.165, 1.54) is 16.7 Å². The maximum Gasteiger partial charge on any atom is 0.451 e. The SMILES string of the molecule is N[C@](CCCCB(O)O)(C(=O)O)[C@H]1C[C@H](NCc2cccc(-c3ccccc3)c2)C1. The van der Waals surface area contributed by atoms with Gasteiger partial charge in [0.2, 0.25) is 0 Å². The molecule has 1 aliphatic rings. The van der Waals surface area contributed by atoms with Crippen molar-refractivity contribution in [2.24, 2.45) is 11.7 Å². The van der Waals surface area contributed by atoms with Gasteiger partial charge < -0.3 is 26.2 Å². The molecule has 0 unspecified atom stereocenters. The number of benzene rings is 2. The number of unbranched alkanes of at least 4 members (excludes halogenated alkanes) is 1. The first-order chi connectivity index (χ1) is 14.4. The molecule has 0 amide bonds. The van der Waals surface area contributed by atoms with E-state index in [-0.39, 0.29) is 18.3 Å². The average Bonchev–Trinajstić information content (AvgIpc) is 2.70. The minimum atomic E-state index is -1.35. The topological polar surface area (TPSA) is 116 Å². The zero-order valence-electron chi connectivity index (χ0n) is 17.2. The Morgan fingerprint density at radius 3 is 2.43 bits per heavy atom. The van der Waals surface area contributed by atoms with Gasteiger partial charge in [-0.05, 0) is 54.3 Å². The van der Waals surface area contributed by atoms with Gasteiger partial charge in [-0.2, -0.15) is 0 Å². The van der Waals surface area contributed by atoms with Crippen LogP contribution in [0.2, 0.25) is 6.32 Å². The Hall–Kier alpha value is -2.19. The molecule has 3 rings (SSSR count). The molecule has 1 atom stereocenters. The van der Waals surface area contributed by atoms with Crippen LogP contribution in [-0.2, 0) is 11.3 Å². The van der Waals surface area contributed by atoms with Crippen molar-refractivity contribution in [2.45, 2.75) is 56.5 Å².